The second-order valence-corrected chi connectivity index (χ2v) is 6.20. The molecule has 6 heteroatoms. The summed E-state index contributed by atoms with van der Waals surface area (Å²) in [6.07, 6.45) is 6.28. The van der Waals surface area contributed by atoms with E-state index >= 15 is 0 Å². The lowest BCUT2D eigenvalue weighted by molar-refractivity contribution is -0.150. The van der Waals surface area contributed by atoms with Crippen LogP contribution in [0.2, 0.25) is 0 Å². The van der Waals surface area contributed by atoms with Gasteiger partial charge in [0.1, 0.15) is 0 Å². The first-order valence-corrected chi connectivity index (χ1v) is 8.12. The predicted octanol–water partition coefficient (Wildman–Crippen LogP) is 2.03. The Kier molecular flexibility index (Phi) is 6.48. The minimum absolute atomic E-state index is 0.180. The third kappa shape index (κ3) is 4.60. The van der Waals surface area contributed by atoms with Crippen LogP contribution in [0.5, 0.6) is 0 Å². The van der Waals surface area contributed by atoms with Crippen LogP contribution in [-0.2, 0) is 4.79 Å². The summed E-state index contributed by atoms with van der Waals surface area (Å²) in [7, 11) is 1.74. The largest absolute Gasteiger partial charge is 0.481 e. The molecule has 2 amide bonds. The van der Waals surface area contributed by atoms with Crippen molar-refractivity contribution >= 4 is 23.8 Å². The molecule has 0 aliphatic heterocycles. The van der Waals surface area contributed by atoms with Crippen LogP contribution in [0.15, 0.2) is 0 Å². The summed E-state index contributed by atoms with van der Waals surface area (Å²) in [6.45, 7) is 0.915. The monoisotopic (exact) mass is 288 g/mol. The van der Waals surface area contributed by atoms with E-state index in [4.69, 9.17) is 0 Å². The van der Waals surface area contributed by atoms with E-state index in [1.807, 2.05) is 6.26 Å². The third-order valence-corrected chi connectivity index (χ3v) is 4.41. The molecule has 0 bridgehead atoms. The molecule has 0 saturated heterocycles. The number of aliphatic carboxylic acids is 1. The predicted molar refractivity (Wildman–Crippen MR) is 77.6 cm³/mol. The molecule has 1 saturated carbocycles. The van der Waals surface area contributed by atoms with Crippen LogP contribution in [0.25, 0.3) is 0 Å². The lowest BCUT2D eigenvalue weighted by Gasteiger charge is -2.33. The van der Waals surface area contributed by atoms with Crippen molar-refractivity contribution in [3.05, 3.63) is 0 Å². The second-order valence-electron chi connectivity index (χ2n) is 5.22. The lowest BCUT2D eigenvalue weighted by Crippen LogP contribution is -2.47. The Hall–Kier alpha value is -0.910. The van der Waals surface area contributed by atoms with Gasteiger partial charge in [-0.15, -0.1) is 0 Å². The van der Waals surface area contributed by atoms with Crippen molar-refractivity contribution in [3.63, 3.8) is 0 Å². The third-order valence-electron chi connectivity index (χ3n) is 3.82. The van der Waals surface area contributed by atoms with Crippen molar-refractivity contribution in [2.24, 2.45) is 5.41 Å². The first-order valence-electron chi connectivity index (χ1n) is 6.73. The molecule has 5 nitrogen and oxygen atoms in total. The average Bonchev–Trinajstić information content (AvgIpc) is 2.42. The van der Waals surface area contributed by atoms with Gasteiger partial charge in [-0.1, -0.05) is 19.3 Å². The van der Waals surface area contributed by atoms with Gasteiger partial charge in [0, 0.05) is 25.9 Å². The Morgan fingerprint density at radius 3 is 2.47 bits per heavy atom. The van der Waals surface area contributed by atoms with Crippen molar-refractivity contribution in [2.75, 3.05) is 32.1 Å². The summed E-state index contributed by atoms with van der Waals surface area (Å²) in [4.78, 5) is 24.9. The van der Waals surface area contributed by atoms with E-state index in [1.165, 1.54) is 0 Å². The quantitative estimate of drug-likeness (QED) is 0.784. The number of nitrogens with one attached hydrogen (secondary N) is 1. The summed E-state index contributed by atoms with van der Waals surface area (Å²) in [5.74, 6) is 0.104. The van der Waals surface area contributed by atoms with Crippen LogP contribution >= 0.6 is 11.8 Å². The molecule has 110 valence electrons. The Morgan fingerprint density at radius 2 is 1.95 bits per heavy atom. The molecule has 0 unspecified atom stereocenters. The number of carbonyl (C=O) groups is 2. The molecule has 0 aromatic rings. The smallest absolute Gasteiger partial charge is 0.317 e. The molecule has 0 atom stereocenters. The molecular formula is C13H24N2O3S. The van der Waals surface area contributed by atoms with Crippen molar-refractivity contribution in [2.45, 2.75) is 32.1 Å². The molecular weight excluding hydrogens is 264 g/mol. The number of urea groups is 1. The maximum atomic E-state index is 11.9. The molecule has 1 fully saturated rings. The van der Waals surface area contributed by atoms with E-state index in [-0.39, 0.29) is 12.6 Å². The highest BCUT2D eigenvalue weighted by Crippen LogP contribution is 2.35. The van der Waals surface area contributed by atoms with Crippen LogP contribution < -0.4 is 5.32 Å². The number of rotatable bonds is 6. The number of nitrogens with zero attached hydrogens (tertiary/aromatic N) is 1. The van der Waals surface area contributed by atoms with Crippen molar-refractivity contribution < 1.29 is 14.7 Å². The molecule has 0 heterocycles. The zero-order chi connectivity index (χ0) is 14.3. The van der Waals surface area contributed by atoms with Gasteiger partial charge >= 0.3 is 12.0 Å². The standard InChI is InChI=1S/C13H24N2O3S/c1-15(8-9-19-2)12(18)14-10-13(11(16)17)6-4-3-5-7-13/h3-10H2,1-2H3,(H,14,18)(H,16,17). The Bertz CT molecular complexity index is 317. The minimum Gasteiger partial charge on any atom is -0.481 e. The van der Waals surface area contributed by atoms with Gasteiger partial charge in [0.2, 0.25) is 0 Å². The second kappa shape index (κ2) is 7.62. The van der Waals surface area contributed by atoms with Crippen LogP contribution in [-0.4, -0.2) is 54.2 Å². The Balaban J connectivity index is 2.48. The number of amides is 2. The van der Waals surface area contributed by atoms with Crippen LogP contribution in [0.4, 0.5) is 4.79 Å². The molecule has 1 aliphatic rings. The minimum atomic E-state index is -0.778. The number of hydrogen-bond donors (Lipinski definition) is 2. The molecule has 0 radical (unpaired) electrons. The molecule has 1 aliphatic carbocycles. The van der Waals surface area contributed by atoms with Gasteiger partial charge in [0.05, 0.1) is 5.41 Å². The van der Waals surface area contributed by atoms with Gasteiger partial charge in [-0.3, -0.25) is 4.79 Å². The molecule has 0 aromatic heterocycles. The highest BCUT2D eigenvalue weighted by molar-refractivity contribution is 7.98. The highest BCUT2D eigenvalue weighted by Gasteiger charge is 2.39. The average molecular weight is 288 g/mol. The normalized spacial score (nSPS) is 17.8. The Morgan fingerprint density at radius 1 is 1.32 bits per heavy atom. The van der Waals surface area contributed by atoms with Crippen LogP contribution in [0, 0.1) is 5.41 Å². The Labute approximate surface area is 119 Å². The number of carboxylic acid groups (broad SMARTS) is 1. The van der Waals surface area contributed by atoms with Crippen molar-refractivity contribution in [1.29, 1.82) is 0 Å². The summed E-state index contributed by atoms with van der Waals surface area (Å²) >= 11 is 1.68. The molecule has 1 rings (SSSR count). The fraction of sp³-hybridized carbons (Fsp3) is 0.846. The molecule has 19 heavy (non-hydrogen) atoms. The van der Waals surface area contributed by atoms with Crippen LogP contribution in [0.1, 0.15) is 32.1 Å². The van der Waals surface area contributed by atoms with E-state index < -0.39 is 11.4 Å². The van der Waals surface area contributed by atoms with Gasteiger partial charge in [0.15, 0.2) is 0 Å². The molecule has 0 spiro atoms. The van der Waals surface area contributed by atoms with E-state index in [9.17, 15) is 14.7 Å². The van der Waals surface area contributed by atoms with Gasteiger partial charge in [-0.05, 0) is 19.1 Å². The van der Waals surface area contributed by atoms with E-state index in [0.29, 0.717) is 19.4 Å². The zero-order valence-electron chi connectivity index (χ0n) is 11.8. The maximum Gasteiger partial charge on any atom is 0.317 e. The van der Waals surface area contributed by atoms with E-state index in [0.717, 1.165) is 25.0 Å². The first-order chi connectivity index (χ1) is 9.02. The number of thioether (sulfide) groups is 1. The maximum absolute atomic E-state index is 11.9. The number of carboxylic acids is 1. The fourth-order valence-electron chi connectivity index (χ4n) is 2.40. The summed E-state index contributed by atoms with van der Waals surface area (Å²) in [5, 5.41) is 12.2. The lowest BCUT2D eigenvalue weighted by atomic mass is 9.74. The fourth-order valence-corrected chi connectivity index (χ4v) is 2.86. The van der Waals surface area contributed by atoms with Gasteiger partial charge in [-0.2, -0.15) is 11.8 Å². The number of hydrogen-bond acceptors (Lipinski definition) is 3. The SMILES string of the molecule is CSCCN(C)C(=O)NCC1(C(=O)O)CCCCC1. The summed E-state index contributed by atoms with van der Waals surface area (Å²) in [5.41, 5.74) is -0.756. The van der Waals surface area contributed by atoms with Crippen molar-refractivity contribution in [1.82, 2.24) is 10.2 Å². The zero-order valence-corrected chi connectivity index (χ0v) is 12.6. The van der Waals surface area contributed by atoms with Gasteiger partial charge in [-0.25, -0.2) is 4.79 Å². The van der Waals surface area contributed by atoms with E-state index in [2.05, 4.69) is 5.32 Å². The number of carbonyl (C=O) groups excluding carboxylic acids is 1. The highest BCUT2D eigenvalue weighted by atomic mass is 32.2. The summed E-state index contributed by atoms with van der Waals surface area (Å²) in [6, 6.07) is -0.180. The van der Waals surface area contributed by atoms with E-state index in [1.54, 1.807) is 23.7 Å². The molecule has 2 N–H and O–H groups in total. The molecule has 0 aromatic carbocycles. The van der Waals surface area contributed by atoms with Crippen LogP contribution in [0.3, 0.4) is 0 Å². The summed E-state index contributed by atoms with van der Waals surface area (Å²) < 4.78 is 0. The first kappa shape index (κ1) is 16.1. The van der Waals surface area contributed by atoms with Gasteiger partial charge in [0.25, 0.3) is 0 Å². The topological polar surface area (TPSA) is 69.6 Å². The van der Waals surface area contributed by atoms with Gasteiger partial charge < -0.3 is 15.3 Å². The van der Waals surface area contributed by atoms with Crippen molar-refractivity contribution in [3.8, 4) is 0 Å².